The average Bonchev–Trinajstić information content (AvgIpc) is 3.32. The molecule has 36 heavy (non-hydrogen) atoms. The van der Waals surface area contributed by atoms with Crippen molar-refractivity contribution in [3.05, 3.63) is 76.6 Å². The van der Waals surface area contributed by atoms with Crippen molar-refractivity contribution in [2.24, 2.45) is 5.73 Å². The first-order valence-electron chi connectivity index (χ1n) is 10.4. The summed E-state index contributed by atoms with van der Waals surface area (Å²) in [7, 11) is -4.42. The number of fused-ring (bicyclic) bond motifs is 1. The summed E-state index contributed by atoms with van der Waals surface area (Å²) in [4.78, 5) is 29.3. The summed E-state index contributed by atoms with van der Waals surface area (Å²) >= 11 is 0. The Labute approximate surface area is 204 Å². The highest BCUT2D eigenvalue weighted by Gasteiger charge is 2.29. The maximum absolute atomic E-state index is 13.6. The Bertz CT molecular complexity index is 1640. The van der Waals surface area contributed by atoms with E-state index in [9.17, 15) is 23.3 Å². The molecular formula is C23H18N6O6S. The predicted molar refractivity (Wildman–Crippen MR) is 128 cm³/mol. The first-order chi connectivity index (χ1) is 17.2. The van der Waals surface area contributed by atoms with Gasteiger partial charge in [0.25, 0.3) is 11.6 Å². The van der Waals surface area contributed by atoms with Gasteiger partial charge in [0, 0.05) is 24.2 Å². The molecule has 0 aliphatic heterocycles. The molecular weight excluding hydrogens is 488 g/mol. The van der Waals surface area contributed by atoms with Gasteiger partial charge in [-0.3, -0.25) is 14.9 Å². The van der Waals surface area contributed by atoms with Gasteiger partial charge in [-0.25, -0.2) is 13.4 Å². The number of hydrogen-bond acceptors (Lipinski definition) is 9. The van der Waals surface area contributed by atoms with Crippen molar-refractivity contribution >= 4 is 38.2 Å². The van der Waals surface area contributed by atoms with Crippen LogP contribution in [0.4, 0.5) is 11.4 Å². The number of aromatic nitrogens is 2. The van der Waals surface area contributed by atoms with Crippen molar-refractivity contribution in [1.29, 1.82) is 5.26 Å². The number of hydrogen-bond donors (Lipinski definition) is 3. The van der Waals surface area contributed by atoms with E-state index in [2.05, 4.69) is 15.3 Å². The van der Waals surface area contributed by atoms with Crippen molar-refractivity contribution in [1.82, 2.24) is 9.97 Å². The van der Waals surface area contributed by atoms with Gasteiger partial charge in [0.2, 0.25) is 9.84 Å². The molecule has 0 atom stereocenters. The van der Waals surface area contributed by atoms with Crippen LogP contribution in [0.3, 0.4) is 0 Å². The smallest absolute Gasteiger partial charge is 0.293 e. The van der Waals surface area contributed by atoms with Crippen molar-refractivity contribution in [2.75, 3.05) is 11.9 Å². The third-order valence-electron chi connectivity index (χ3n) is 5.16. The number of nitrogens with zero attached hydrogens (tertiary/aromatic N) is 3. The summed E-state index contributed by atoms with van der Waals surface area (Å²) in [5.41, 5.74) is 5.42. The number of sulfone groups is 1. The number of benzene rings is 2. The van der Waals surface area contributed by atoms with E-state index < -0.39 is 36.1 Å². The summed E-state index contributed by atoms with van der Waals surface area (Å²) in [6.45, 7) is 0.140. The van der Waals surface area contributed by atoms with E-state index in [-0.39, 0.29) is 35.7 Å². The van der Waals surface area contributed by atoms with Crippen LogP contribution in [0.5, 0.6) is 11.5 Å². The lowest BCUT2D eigenvalue weighted by atomic mass is 10.2. The van der Waals surface area contributed by atoms with Crippen LogP contribution in [0.25, 0.3) is 11.0 Å². The quantitative estimate of drug-likeness (QED) is 0.173. The summed E-state index contributed by atoms with van der Waals surface area (Å²) in [6.07, 6.45) is 3.11. The zero-order chi connectivity index (χ0) is 25.9. The highest BCUT2D eigenvalue weighted by atomic mass is 32.2. The number of carbonyl (C=O) groups excluding carboxylic acids is 1. The Morgan fingerprint density at radius 1 is 1.25 bits per heavy atom. The fraction of sp³-hybridized carbons (Fsp3) is 0.0870. The molecule has 0 spiro atoms. The second kappa shape index (κ2) is 9.72. The van der Waals surface area contributed by atoms with Gasteiger partial charge in [0.1, 0.15) is 22.0 Å². The van der Waals surface area contributed by atoms with Gasteiger partial charge in [-0.2, -0.15) is 5.26 Å². The number of ether oxygens (including phenoxy) is 1. The SMILES string of the molecule is N#CCCNc1ccc(S(=O)(=O)c2cccc(C(N)=O)c2Oc2cnc3[nH]ccc3c2)cc1[N+](=O)[O-]. The molecule has 2 aromatic heterocycles. The molecule has 0 radical (unpaired) electrons. The van der Waals surface area contributed by atoms with E-state index in [4.69, 9.17) is 15.7 Å². The number of primary amides is 1. The van der Waals surface area contributed by atoms with Gasteiger partial charge >= 0.3 is 0 Å². The minimum atomic E-state index is -4.42. The van der Waals surface area contributed by atoms with Crippen LogP contribution >= 0.6 is 0 Å². The largest absolute Gasteiger partial charge is 0.453 e. The molecule has 2 heterocycles. The van der Waals surface area contributed by atoms with E-state index >= 15 is 0 Å². The number of anilines is 1. The standard InChI is InChI=1S/C23H18N6O6S/c24-8-2-9-26-18-6-5-16(12-19(18)29(31)32)36(33,34)20-4-1-3-17(22(25)30)21(20)35-15-11-14-7-10-27-23(14)28-13-15/h1,3-7,10-13,26H,2,9H2,(H2,25,30)(H,27,28). The molecule has 12 nitrogen and oxygen atoms in total. The highest BCUT2D eigenvalue weighted by Crippen LogP contribution is 2.38. The number of para-hydroxylation sites is 1. The number of aromatic amines is 1. The number of nitrogens with two attached hydrogens (primary N) is 1. The number of carbonyl (C=O) groups is 1. The number of nitro benzene ring substituents is 1. The van der Waals surface area contributed by atoms with Crippen molar-refractivity contribution in [3.63, 3.8) is 0 Å². The normalized spacial score (nSPS) is 11.1. The lowest BCUT2D eigenvalue weighted by Crippen LogP contribution is -2.15. The third kappa shape index (κ3) is 4.65. The van der Waals surface area contributed by atoms with Crippen LogP contribution < -0.4 is 15.8 Å². The van der Waals surface area contributed by atoms with Crippen LogP contribution in [-0.2, 0) is 9.84 Å². The van der Waals surface area contributed by atoms with Gasteiger partial charge in [-0.15, -0.1) is 0 Å². The number of pyridine rings is 1. The van der Waals surface area contributed by atoms with Crippen molar-refractivity contribution < 1.29 is 22.9 Å². The maximum atomic E-state index is 13.6. The third-order valence-corrected chi connectivity index (χ3v) is 6.93. The molecule has 182 valence electrons. The number of nitrogens with one attached hydrogen (secondary N) is 2. The topological polar surface area (TPSA) is 194 Å². The number of H-pyrrole nitrogens is 1. The van der Waals surface area contributed by atoms with Crippen LogP contribution in [0.1, 0.15) is 16.8 Å². The first kappa shape index (κ1) is 24.2. The lowest BCUT2D eigenvalue weighted by Gasteiger charge is -2.15. The number of amides is 1. The zero-order valence-corrected chi connectivity index (χ0v) is 19.3. The van der Waals surface area contributed by atoms with Gasteiger partial charge in [0.15, 0.2) is 5.75 Å². The van der Waals surface area contributed by atoms with E-state index in [1.807, 2.05) is 6.07 Å². The molecule has 0 aliphatic carbocycles. The van der Waals surface area contributed by atoms with E-state index in [1.165, 1.54) is 36.5 Å². The highest BCUT2D eigenvalue weighted by molar-refractivity contribution is 7.91. The summed E-state index contributed by atoms with van der Waals surface area (Å²) < 4.78 is 33.0. The average molecular weight is 507 g/mol. The van der Waals surface area contributed by atoms with Crippen LogP contribution in [0.15, 0.2) is 70.7 Å². The van der Waals surface area contributed by atoms with E-state index in [1.54, 1.807) is 18.3 Å². The first-order valence-corrected chi connectivity index (χ1v) is 11.9. The number of rotatable bonds is 9. The number of nitro groups is 1. The molecule has 2 aromatic carbocycles. The van der Waals surface area contributed by atoms with Gasteiger partial charge in [-0.05, 0) is 36.4 Å². The second-order valence-corrected chi connectivity index (χ2v) is 9.38. The van der Waals surface area contributed by atoms with Crippen LogP contribution in [-0.4, -0.2) is 35.8 Å². The molecule has 13 heteroatoms. The summed E-state index contributed by atoms with van der Waals surface area (Å²) in [5.74, 6) is -1.11. The predicted octanol–water partition coefficient (Wildman–Crippen LogP) is 3.52. The van der Waals surface area contributed by atoms with Gasteiger partial charge in [0.05, 0.1) is 34.1 Å². The van der Waals surface area contributed by atoms with Crippen LogP contribution in [0, 0.1) is 21.4 Å². The second-order valence-electron chi connectivity index (χ2n) is 7.46. The summed E-state index contributed by atoms with van der Waals surface area (Å²) in [5, 5.41) is 23.7. The molecule has 0 unspecified atom stereocenters. The Kier molecular flexibility index (Phi) is 6.53. The molecule has 1 amide bonds. The molecule has 0 fully saturated rings. The molecule has 0 aliphatic rings. The Morgan fingerprint density at radius 3 is 2.78 bits per heavy atom. The Morgan fingerprint density at radius 2 is 2.06 bits per heavy atom. The minimum Gasteiger partial charge on any atom is -0.453 e. The molecule has 4 N–H and O–H groups in total. The fourth-order valence-electron chi connectivity index (χ4n) is 3.48. The molecule has 4 aromatic rings. The lowest BCUT2D eigenvalue weighted by molar-refractivity contribution is -0.384. The maximum Gasteiger partial charge on any atom is 0.293 e. The van der Waals surface area contributed by atoms with Crippen molar-refractivity contribution in [2.45, 2.75) is 16.2 Å². The summed E-state index contributed by atoms with van der Waals surface area (Å²) in [6, 6.07) is 12.4. The van der Waals surface area contributed by atoms with Crippen LogP contribution in [0.2, 0.25) is 0 Å². The van der Waals surface area contributed by atoms with E-state index in [0.29, 0.717) is 11.0 Å². The van der Waals surface area contributed by atoms with Gasteiger partial charge < -0.3 is 20.8 Å². The Hall–Kier alpha value is -4.96. The Balaban J connectivity index is 1.82. The molecule has 0 bridgehead atoms. The molecule has 0 saturated heterocycles. The zero-order valence-electron chi connectivity index (χ0n) is 18.5. The van der Waals surface area contributed by atoms with Gasteiger partial charge in [-0.1, -0.05) is 6.07 Å². The molecule has 4 rings (SSSR count). The number of nitriles is 1. The minimum absolute atomic E-state index is 0.0578. The van der Waals surface area contributed by atoms with Crippen molar-refractivity contribution in [3.8, 4) is 17.6 Å². The van der Waals surface area contributed by atoms with E-state index in [0.717, 1.165) is 6.07 Å². The molecule has 0 saturated carbocycles. The monoisotopic (exact) mass is 506 g/mol. The fourth-order valence-corrected chi connectivity index (χ4v) is 4.90.